The monoisotopic (exact) mass is 624 g/mol. The number of nitrogens with zero attached hydrogens (tertiary/aromatic N) is 2. The third kappa shape index (κ3) is 7.56. The first-order valence-corrected chi connectivity index (χ1v) is 15.2. The molecule has 5 rings (SSSR count). The highest BCUT2D eigenvalue weighted by Crippen LogP contribution is 2.29. The highest BCUT2D eigenvalue weighted by atomic mass is 35.5. The molecule has 0 aliphatic heterocycles. The molecule has 1 unspecified atom stereocenters. The molecule has 230 valence electrons. The van der Waals surface area contributed by atoms with Gasteiger partial charge in [-0.1, -0.05) is 72.3 Å². The maximum Gasteiger partial charge on any atom is 0.328 e. The van der Waals surface area contributed by atoms with Crippen LogP contribution in [-0.2, 0) is 25.6 Å². The predicted molar refractivity (Wildman–Crippen MR) is 175 cm³/mol. The number of nitrogens with one attached hydrogen (secondary N) is 2. The molecule has 2 N–H and O–H groups in total. The molecule has 0 bridgehead atoms. The third-order valence-corrected chi connectivity index (χ3v) is 7.47. The van der Waals surface area contributed by atoms with Gasteiger partial charge in [-0.05, 0) is 55.5 Å². The van der Waals surface area contributed by atoms with Gasteiger partial charge in [0.05, 0.1) is 24.2 Å². The third-order valence-electron chi connectivity index (χ3n) is 7.20. The van der Waals surface area contributed by atoms with E-state index in [1.165, 1.54) is 0 Å². The highest BCUT2D eigenvalue weighted by molar-refractivity contribution is 6.32. The van der Waals surface area contributed by atoms with Crippen LogP contribution < -0.4 is 10.6 Å². The zero-order valence-electron chi connectivity index (χ0n) is 25.0. The number of amides is 1. The molecule has 0 spiro atoms. The van der Waals surface area contributed by atoms with Gasteiger partial charge in [-0.2, -0.15) is 0 Å². The molecule has 1 heterocycles. The molecule has 1 amide bonds. The minimum absolute atomic E-state index is 0.0258. The van der Waals surface area contributed by atoms with Crippen molar-refractivity contribution < 1.29 is 23.9 Å². The van der Waals surface area contributed by atoms with Crippen LogP contribution in [0.25, 0.3) is 33.1 Å². The lowest BCUT2D eigenvalue weighted by Gasteiger charge is -2.18. The SMILES string of the molecule is CCOC(=O)CCC(NC(=O)c1ccc(NCc2ccc3nc(-c4ccccc4)c(Cl)nc3c2)c2ccccc12)C(=O)OCC. The van der Waals surface area contributed by atoms with E-state index in [4.69, 9.17) is 26.1 Å². The molecule has 0 saturated heterocycles. The van der Waals surface area contributed by atoms with E-state index >= 15 is 0 Å². The molecule has 5 aromatic rings. The van der Waals surface area contributed by atoms with E-state index in [1.54, 1.807) is 19.9 Å². The second-order valence-electron chi connectivity index (χ2n) is 10.2. The molecule has 0 radical (unpaired) electrons. The first kappa shape index (κ1) is 31.4. The van der Waals surface area contributed by atoms with Crippen LogP contribution in [-0.4, -0.2) is 47.1 Å². The Morgan fingerprint density at radius 2 is 1.56 bits per heavy atom. The normalized spacial score (nSPS) is 11.6. The number of aromatic nitrogens is 2. The summed E-state index contributed by atoms with van der Waals surface area (Å²) < 4.78 is 10.1. The molecule has 0 aliphatic rings. The van der Waals surface area contributed by atoms with Gasteiger partial charge in [0.2, 0.25) is 0 Å². The fraction of sp³-hybridized carbons (Fsp3) is 0.229. The smallest absolute Gasteiger partial charge is 0.328 e. The van der Waals surface area contributed by atoms with E-state index in [-0.39, 0.29) is 26.1 Å². The van der Waals surface area contributed by atoms with Crippen molar-refractivity contribution in [3.8, 4) is 11.3 Å². The first-order chi connectivity index (χ1) is 21.9. The minimum Gasteiger partial charge on any atom is -0.466 e. The summed E-state index contributed by atoms with van der Waals surface area (Å²) in [6, 6.07) is 25.6. The number of rotatable bonds is 12. The van der Waals surface area contributed by atoms with Crippen LogP contribution >= 0.6 is 11.6 Å². The summed E-state index contributed by atoms with van der Waals surface area (Å²) in [4.78, 5) is 47.2. The van der Waals surface area contributed by atoms with E-state index in [0.717, 1.165) is 27.7 Å². The lowest BCUT2D eigenvalue weighted by atomic mass is 10.0. The van der Waals surface area contributed by atoms with Crippen LogP contribution in [0.15, 0.2) is 84.9 Å². The summed E-state index contributed by atoms with van der Waals surface area (Å²) in [6.45, 7) is 4.27. The average Bonchev–Trinajstić information content (AvgIpc) is 3.05. The van der Waals surface area contributed by atoms with Gasteiger partial charge < -0.3 is 20.1 Å². The molecule has 9 nitrogen and oxygen atoms in total. The summed E-state index contributed by atoms with van der Waals surface area (Å²) in [5, 5.41) is 8.10. The zero-order valence-corrected chi connectivity index (χ0v) is 25.8. The minimum atomic E-state index is -0.994. The van der Waals surface area contributed by atoms with Gasteiger partial charge in [-0.15, -0.1) is 0 Å². The lowest BCUT2D eigenvalue weighted by molar-refractivity contribution is -0.146. The Labute approximate surface area is 265 Å². The Morgan fingerprint density at radius 3 is 2.31 bits per heavy atom. The second-order valence-corrected chi connectivity index (χ2v) is 10.6. The Hall–Kier alpha value is -5.02. The Bertz CT molecular complexity index is 1850. The molecule has 0 fully saturated rings. The fourth-order valence-electron chi connectivity index (χ4n) is 5.04. The number of benzene rings is 4. The molecular formula is C35H33ClN4O5. The topological polar surface area (TPSA) is 120 Å². The van der Waals surface area contributed by atoms with Crippen LogP contribution in [0.2, 0.25) is 5.15 Å². The molecule has 0 aliphatic carbocycles. The van der Waals surface area contributed by atoms with Crippen molar-refractivity contribution in [2.24, 2.45) is 0 Å². The van der Waals surface area contributed by atoms with Crippen LogP contribution in [0.5, 0.6) is 0 Å². The van der Waals surface area contributed by atoms with E-state index < -0.39 is 23.9 Å². The van der Waals surface area contributed by atoms with Crippen molar-refractivity contribution in [3.05, 3.63) is 101 Å². The number of anilines is 1. The van der Waals surface area contributed by atoms with Crippen LogP contribution in [0.4, 0.5) is 5.69 Å². The van der Waals surface area contributed by atoms with Crippen LogP contribution in [0.3, 0.4) is 0 Å². The van der Waals surface area contributed by atoms with Crippen molar-refractivity contribution in [3.63, 3.8) is 0 Å². The fourth-order valence-corrected chi connectivity index (χ4v) is 5.28. The van der Waals surface area contributed by atoms with Crippen molar-refractivity contribution in [1.82, 2.24) is 15.3 Å². The Balaban J connectivity index is 1.34. The van der Waals surface area contributed by atoms with E-state index in [9.17, 15) is 14.4 Å². The predicted octanol–water partition coefficient (Wildman–Crippen LogP) is 6.72. The summed E-state index contributed by atoms with van der Waals surface area (Å²) >= 11 is 6.51. The average molecular weight is 625 g/mol. The van der Waals surface area contributed by atoms with E-state index in [0.29, 0.717) is 33.9 Å². The number of ether oxygens (including phenoxy) is 2. The van der Waals surface area contributed by atoms with Gasteiger partial charge >= 0.3 is 11.9 Å². The summed E-state index contributed by atoms with van der Waals surface area (Å²) in [7, 11) is 0. The molecular weight excluding hydrogens is 592 g/mol. The molecule has 45 heavy (non-hydrogen) atoms. The number of hydrogen-bond acceptors (Lipinski definition) is 8. The van der Waals surface area contributed by atoms with Crippen molar-refractivity contribution in [2.45, 2.75) is 39.3 Å². The molecule has 1 atom stereocenters. The molecule has 10 heteroatoms. The Morgan fingerprint density at radius 1 is 0.822 bits per heavy atom. The number of carbonyl (C=O) groups is 3. The van der Waals surface area contributed by atoms with E-state index in [1.807, 2.05) is 78.9 Å². The quantitative estimate of drug-likeness (QED) is 0.147. The molecule has 0 saturated carbocycles. The number of fused-ring (bicyclic) bond motifs is 2. The maximum absolute atomic E-state index is 13.4. The summed E-state index contributed by atoms with van der Waals surface area (Å²) in [5.74, 6) is -1.49. The lowest BCUT2D eigenvalue weighted by Crippen LogP contribution is -2.42. The van der Waals surface area contributed by atoms with Gasteiger partial charge in [-0.25, -0.2) is 14.8 Å². The van der Waals surface area contributed by atoms with Crippen molar-refractivity contribution >= 4 is 56.9 Å². The Kier molecular flexibility index (Phi) is 10.2. The van der Waals surface area contributed by atoms with Gasteiger partial charge in [0.15, 0.2) is 5.15 Å². The van der Waals surface area contributed by atoms with E-state index in [2.05, 4.69) is 15.6 Å². The van der Waals surface area contributed by atoms with Crippen LogP contribution in [0, 0.1) is 0 Å². The summed E-state index contributed by atoms with van der Waals surface area (Å²) in [6.07, 6.45) is 0.0395. The number of halogens is 1. The number of hydrogen-bond donors (Lipinski definition) is 2. The summed E-state index contributed by atoms with van der Waals surface area (Å²) in [5.41, 5.74) is 5.17. The molecule has 1 aromatic heterocycles. The van der Waals surface area contributed by atoms with Gasteiger partial charge in [-0.3, -0.25) is 9.59 Å². The van der Waals surface area contributed by atoms with Gasteiger partial charge in [0, 0.05) is 35.2 Å². The zero-order chi connectivity index (χ0) is 31.8. The van der Waals surface area contributed by atoms with Gasteiger partial charge in [0.25, 0.3) is 5.91 Å². The highest BCUT2D eigenvalue weighted by Gasteiger charge is 2.25. The van der Waals surface area contributed by atoms with Crippen LogP contribution in [0.1, 0.15) is 42.6 Å². The maximum atomic E-state index is 13.4. The number of carbonyl (C=O) groups excluding carboxylic acids is 3. The standard InChI is InChI=1S/C35H33ClN4O5/c1-3-44-31(41)19-18-29(35(43)45-4-2)40-34(42)26-15-17-27(25-13-9-8-12-24(25)26)37-21-22-14-16-28-30(20-22)39-33(36)32(38-28)23-10-6-5-7-11-23/h5-17,20,29,37H,3-4,18-19,21H2,1-2H3,(H,40,42). The van der Waals surface area contributed by atoms with Crippen molar-refractivity contribution in [2.75, 3.05) is 18.5 Å². The van der Waals surface area contributed by atoms with Crippen molar-refractivity contribution in [1.29, 1.82) is 0 Å². The largest absolute Gasteiger partial charge is 0.466 e. The molecule has 4 aromatic carbocycles. The van der Waals surface area contributed by atoms with Gasteiger partial charge in [0.1, 0.15) is 11.7 Å². The second kappa shape index (κ2) is 14.6. The number of esters is 2. The first-order valence-electron chi connectivity index (χ1n) is 14.8.